The molecule has 11 nitrogen and oxygen atoms in total. The van der Waals surface area contributed by atoms with E-state index in [2.05, 4.69) is 5.32 Å². The van der Waals surface area contributed by atoms with Gasteiger partial charge in [-0.3, -0.25) is 14.4 Å². The van der Waals surface area contributed by atoms with E-state index in [4.69, 9.17) is 5.26 Å². The monoisotopic (exact) mass is 503 g/mol. The first-order valence-corrected chi connectivity index (χ1v) is 11.9. The topological polar surface area (TPSA) is 160 Å². The van der Waals surface area contributed by atoms with Crippen LogP contribution in [0.1, 0.15) is 5.56 Å². The Bertz CT molecular complexity index is 1240. The van der Waals surface area contributed by atoms with Crippen LogP contribution in [0, 0.1) is 17.1 Å². The van der Waals surface area contributed by atoms with E-state index in [1.807, 2.05) is 15.7 Å². The van der Waals surface area contributed by atoms with Gasteiger partial charge in [0.1, 0.15) is 11.9 Å². The maximum Gasteiger partial charge on any atom is 0.323 e. The molecule has 1 saturated heterocycles. The molecule has 2 aromatic carbocycles. The number of nitrogens with one attached hydrogen (secondary N) is 2. The average Bonchev–Trinajstić information content (AvgIpc) is 2.83. The van der Waals surface area contributed by atoms with E-state index in [0.717, 1.165) is 30.0 Å². The highest BCUT2D eigenvalue weighted by Gasteiger charge is 2.28. The lowest BCUT2D eigenvalue weighted by Gasteiger charge is -2.35. The van der Waals surface area contributed by atoms with E-state index >= 15 is 0 Å². The predicted octanol–water partition coefficient (Wildman–Crippen LogP) is -0.106. The number of nitriles is 1. The van der Waals surface area contributed by atoms with Gasteiger partial charge in [-0.15, -0.1) is 0 Å². The van der Waals surface area contributed by atoms with Crippen molar-refractivity contribution in [2.45, 2.75) is 10.9 Å². The molecule has 0 spiro atoms. The number of rotatable bonds is 9. The molecule has 1 heterocycles. The molecule has 2 amide bonds. The van der Waals surface area contributed by atoms with Crippen molar-refractivity contribution in [2.75, 3.05) is 37.6 Å². The van der Waals surface area contributed by atoms with Gasteiger partial charge in [-0.05, 0) is 48.5 Å². The molecular weight excluding hydrogens is 481 g/mol. The molecular formula is C22H22FN5O6S. The summed E-state index contributed by atoms with van der Waals surface area (Å²) in [5.74, 6) is -3.15. The Labute approximate surface area is 200 Å². The van der Waals surface area contributed by atoms with Crippen molar-refractivity contribution in [2.24, 2.45) is 0 Å². The SMILES string of the molecule is N#Cc1ccc(N2CCN(CC(=O)NC[C@H](NS(=O)(=O)c3ccc(F)cc3)C(=O)O)C(=O)C2)cc1. The number of carboxylic acids is 1. The number of nitrogens with zero attached hydrogens (tertiary/aromatic N) is 3. The van der Waals surface area contributed by atoms with Crippen LogP contribution in [0.2, 0.25) is 0 Å². The number of carbonyl (C=O) groups is 3. The zero-order valence-corrected chi connectivity index (χ0v) is 19.2. The van der Waals surface area contributed by atoms with Crippen LogP contribution < -0.4 is 14.9 Å². The highest BCUT2D eigenvalue weighted by molar-refractivity contribution is 7.89. The summed E-state index contributed by atoms with van der Waals surface area (Å²) in [4.78, 5) is 39.1. The lowest BCUT2D eigenvalue weighted by Crippen LogP contribution is -2.54. The van der Waals surface area contributed by atoms with Crippen molar-refractivity contribution in [3.63, 3.8) is 0 Å². The minimum atomic E-state index is -4.28. The summed E-state index contributed by atoms with van der Waals surface area (Å²) in [7, 11) is -4.28. The maximum atomic E-state index is 13.0. The fourth-order valence-corrected chi connectivity index (χ4v) is 4.53. The molecule has 0 aromatic heterocycles. The molecule has 0 radical (unpaired) electrons. The molecule has 3 N–H and O–H groups in total. The first-order chi connectivity index (χ1) is 16.6. The third-order valence-corrected chi connectivity index (χ3v) is 6.73. The third kappa shape index (κ3) is 6.75. The predicted molar refractivity (Wildman–Crippen MR) is 121 cm³/mol. The highest BCUT2D eigenvalue weighted by atomic mass is 32.2. The summed E-state index contributed by atoms with van der Waals surface area (Å²) in [5, 5.41) is 20.6. The van der Waals surface area contributed by atoms with Crippen LogP contribution >= 0.6 is 0 Å². The Kier molecular flexibility index (Phi) is 8.00. The lowest BCUT2D eigenvalue weighted by molar-refractivity contribution is -0.139. The Morgan fingerprint density at radius 1 is 1.11 bits per heavy atom. The van der Waals surface area contributed by atoms with Gasteiger partial charge < -0.3 is 20.2 Å². The van der Waals surface area contributed by atoms with Crippen LogP contribution in [-0.4, -0.2) is 75.0 Å². The number of piperazine rings is 1. The summed E-state index contributed by atoms with van der Waals surface area (Å²) in [6.45, 7) is -0.175. The van der Waals surface area contributed by atoms with Gasteiger partial charge in [0.25, 0.3) is 0 Å². The molecule has 0 unspecified atom stereocenters. The number of halogens is 1. The molecule has 3 rings (SSSR count). The second-order valence-corrected chi connectivity index (χ2v) is 9.38. The Morgan fingerprint density at radius 3 is 2.34 bits per heavy atom. The molecule has 0 aliphatic carbocycles. The summed E-state index contributed by atoms with van der Waals surface area (Å²) < 4.78 is 39.7. The fourth-order valence-electron chi connectivity index (χ4n) is 3.34. The Hall–Kier alpha value is -4.02. The summed E-state index contributed by atoms with van der Waals surface area (Å²) >= 11 is 0. The number of hydrogen-bond acceptors (Lipinski definition) is 7. The zero-order chi connectivity index (χ0) is 25.6. The highest BCUT2D eigenvalue weighted by Crippen LogP contribution is 2.17. The van der Waals surface area contributed by atoms with Gasteiger partial charge in [-0.25, -0.2) is 12.8 Å². The van der Waals surface area contributed by atoms with Crippen LogP contribution in [0.3, 0.4) is 0 Å². The number of carboxylic acid groups (broad SMARTS) is 1. The Balaban J connectivity index is 1.52. The smallest absolute Gasteiger partial charge is 0.323 e. The lowest BCUT2D eigenvalue weighted by atomic mass is 10.2. The first-order valence-electron chi connectivity index (χ1n) is 10.4. The van der Waals surface area contributed by atoms with Crippen molar-refractivity contribution in [1.29, 1.82) is 5.26 Å². The molecule has 0 saturated carbocycles. The van der Waals surface area contributed by atoms with E-state index in [0.29, 0.717) is 12.1 Å². The average molecular weight is 504 g/mol. The first kappa shape index (κ1) is 25.6. The number of anilines is 1. The largest absolute Gasteiger partial charge is 0.480 e. The van der Waals surface area contributed by atoms with Gasteiger partial charge in [0.2, 0.25) is 21.8 Å². The molecule has 1 fully saturated rings. The second kappa shape index (κ2) is 10.9. The number of aliphatic carboxylic acids is 1. The quantitative estimate of drug-likeness (QED) is 0.427. The van der Waals surface area contributed by atoms with Gasteiger partial charge in [0.15, 0.2) is 0 Å². The second-order valence-electron chi connectivity index (χ2n) is 7.67. The molecule has 1 aliphatic heterocycles. The molecule has 0 bridgehead atoms. The molecule has 35 heavy (non-hydrogen) atoms. The van der Waals surface area contributed by atoms with Gasteiger partial charge in [-0.2, -0.15) is 9.98 Å². The molecule has 13 heteroatoms. The van der Waals surface area contributed by atoms with Crippen molar-refractivity contribution >= 4 is 33.5 Å². The molecule has 2 aromatic rings. The van der Waals surface area contributed by atoms with Crippen molar-refractivity contribution in [1.82, 2.24) is 14.9 Å². The molecule has 1 aliphatic rings. The number of hydrogen-bond donors (Lipinski definition) is 3. The van der Waals surface area contributed by atoms with Crippen LogP contribution in [0.15, 0.2) is 53.4 Å². The third-order valence-electron chi connectivity index (χ3n) is 5.24. The molecule has 1 atom stereocenters. The van der Waals surface area contributed by atoms with Gasteiger partial charge in [0, 0.05) is 25.3 Å². The van der Waals surface area contributed by atoms with E-state index in [-0.39, 0.29) is 30.4 Å². The van der Waals surface area contributed by atoms with E-state index in [1.54, 1.807) is 24.3 Å². The van der Waals surface area contributed by atoms with E-state index in [1.165, 1.54) is 4.90 Å². The van der Waals surface area contributed by atoms with Gasteiger partial charge >= 0.3 is 5.97 Å². The minimum absolute atomic E-state index is 0.0222. The van der Waals surface area contributed by atoms with Crippen LogP contribution in [0.4, 0.5) is 10.1 Å². The molecule has 184 valence electrons. The van der Waals surface area contributed by atoms with Gasteiger partial charge in [0.05, 0.1) is 29.6 Å². The number of benzene rings is 2. The standard InChI is InChI=1S/C22H22FN5O6S/c23-16-3-7-18(8-4-16)35(33,34)26-19(22(31)32)12-25-20(29)13-28-10-9-27(14-21(28)30)17-5-1-15(11-24)2-6-17/h1-8,19,26H,9-10,12-14H2,(H,25,29)(H,31,32)/t19-/m0/s1. The Morgan fingerprint density at radius 2 is 1.77 bits per heavy atom. The van der Waals surface area contributed by atoms with Crippen LogP contribution in [-0.2, 0) is 24.4 Å². The maximum absolute atomic E-state index is 13.0. The normalized spacial score (nSPS) is 14.8. The number of amides is 2. The van der Waals surface area contributed by atoms with Gasteiger partial charge in [-0.1, -0.05) is 0 Å². The summed E-state index contributed by atoms with van der Waals surface area (Å²) in [6, 6.07) is 10.9. The summed E-state index contributed by atoms with van der Waals surface area (Å²) in [6.07, 6.45) is 0. The minimum Gasteiger partial charge on any atom is -0.480 e. The van der Waals surface area contributed by atoms with E-state index < -0.39 is 40.3 Å². The van der Waals surface area contributed by atoms with Crippen molar-refractivity contribution < 1.29 is 32.3 Å². The zero-order valence-electron chi connectivity index (χ0n) is 18.3. The fraction of sp³-hybridized carbons (Fsp3) is 0.273. The summed E-state index contributed by atoms with van der Waals surface area (Å²) in [5.41, 5.74) is 1.26. The number of sulfonamides is 1. The van der Waals surface area contributed by atoms with E-state index in [9.17, 15) is 32.3 Å². The van der Waals surface area contributed by atoms with Crippen molar-refractivity contribution in [3.05, 3.63) is 59.9 Å². The van der Waals surface area contributed by atoms with Crippen molar-refractivity contribution in [3.8, 4) is 6.07 Å². The van der Waals surface area contributed by atoms with Crippen LogP contribution in [0.5, 0.6) is 0 Å². The van der Waals surface area contributed by atoms with Crippen LogP contribution in [0.25, 0.3) is 0 Å². The number of carbonyl (C=O) groups excluding carboxylic acids is 2.